The zero-order valence-corrected chi connectivity index (χ0v) is 20.4. The number of halogens is 3. The van der Waals surface area contributed by atoms with Crippen molar-refractivity contribution in [2.75, 3.05) is 32.7 Å². The number of carbonyl (C=O) groups excluding carboxylic acids is 2. The molecule has 1 aromatic carbocycles. The number of hydrogen-bond acceptors (Lipinski definition) is 4. The summed E-state index contributed by atoms with van der Waals surface area (Å²) >= 11 is 0. The van der Waals surface area contributed by atoms with Crippen molar-refractivity contribution in [3.63, 3.8) is 0 Å². The number of fused-ring (bicyclic) bond motifs is 1. The maximum atomic E-state index is 13.4. The molecule has 3 aromatic rings. The minimum absolute atomic E-state index is 0.0694. The van der Waals surface area contributed by atoms with Crippen LogP contribution in [0.4, 0.5) is 13.2 Å². The Morgan fingerprint density at radius 3 is 2.43 bits per heavy atom. The van der Waals surface area contributed by atoms with Crippen LogP contribution >= 0.6 is 0 Å². The third-order valence-corrected chi connectivity index (χ3v) is 7.58. The molecule has 1 N–H and O–H groups in total. The fourth-order valence-electron chi connectivity index (χ4n) is 5.43. The van der Waals surface area contributed by atoms with Crippen LogP contribution in [0.25, 0.3) is 17.1 Å². The normalized spacial score (nSPS) is 18.2. The number of pyridine rings is 1. The molecule has 9 heteroatoms. The van der Waals surface area contributed by atoms with Crippen LogP contribution in [0.15, 0.2) is 42.7 Å². The average Bonchev–Trinajstić information content (AvgIpc) is 3.35. The predicted octanol–water partition coefficient (Wildman–Crippen LogP) is 4.68. The van der Waals surface area contributed by atoms with Crippen molar-refractivity contribution in [2.45, 2.75) is 31.6 Å². The highest BCUT2D eigenvalue weighted by atomic mass is 19.2. The van der Waals surface area contributed by atoms with E-state index in [0.29, 0.717) is 38.4 Å². The van der Waals surface area contributed by atoms with E-state index in [-0.39, 0.29) is 23.2 Å². The summed E-state index contributed by atoms with van der Waals surface area (Å²) in [6, 6.07) is 5.73. The maximum Gasteiger partial charge on any atom is 0.246 e. The number of nitrogens with one attached hydrogen (secondary N) is 1. The fraction of sp³-hybridized carbons (Fsp3) is 0.393. The first-order valence-corrected chi connectivity index (χ1v) is 12.7. The second-order valence-electron chi connectivity index (χ2n) is 9.89. The Morgan fingerprint density at radius 2 is 1.73 bits per heavy atom. The van der Waals surface area contributed by atoms with Gasteiger partial charge in [-0.15, -0.1) is 0 Å². The van der Waals surface area contributed by atoms with Crippen molar-refractivity contribution in [1.82, 2.24) is 19.8 Å². The van der Waals surface area contributed by atoms with E-state index in [2.05, 4.69) is 27.1 Å². The van der Waals surface area contributed by atoms with E-state index in [0.717, 1.165) is 43.7 Å². The maximum absolute atomic E-state index is 13.4. The lowest BCUT2D eigenvalue weighted by Crippen LogP contribution is -2.43. The number of hydrogen-bond donors (Lipinski definition) is 1. The zero-order valence-electron chi connectivity index (χ0n) is 20.4. The molecule has 6 nitrogen and oxygen atoms in total. The van der Waals surface area contributed by atoms with Crippen LogP contribution in [-0.2, 0) is 9.59 Å². The van der Waals surface area contributed by atoms with Gasteiger partial charge in [-0.05, 0) is 86.2 Å². The number of Topliss-reactive ketones (excluding diaryl/α,β-unsaturated/α-hetero) is 1. The summed E-state index contributed by atoms with van der Waals surface area (Å²) in [5, 5.41) is 1.17. The molecule has 0 aliphatic carbocycles. The van der Waals surface area contributed by atoms with Crippen LogP contribution in [-0.4, -0.2) is 64.2 Å². The molecule has 0 bridgehead atoms. The molecule has 0 unspecified atom stereocenters. The zero-order chi connectivity index (χ0) is 25.9. The lowest BCUT2D eigenvalue weighted by Gasteiger charge is -2.34. The van der Waals surface area contributed by atoms with Crippen LogP contribution in [0, 0.1) is 23.4 Å². The van der Waals surface area contributed by atoms with Gasteiger partial charge in [-0.3, -0.25) is 14.5 Å². The van der Waals surface area contributed by atoms with Crippen LogP contribution in [0.5, 0.6) is 0 Å². The monoisotopic (exact) mass is 510 g/mol. The summed E-state index contributed by atoms with van der Waals surface area (Å²) in [7, 11) is 0. The molecule has 194 valence electrons. The molecule has 0 spiro atoms. The molecule has 2 saturated heterocycles. The van der Waals surface area contributed by atoms with Gasteiger partial charge < -0.3 is 9.88 Å². The van der Waals surface area contributed by atoms with Gasteiger partial charge in [0.1, 0.15) is 11.4 Å². The molecule has 2 fully saturated rings. The van der Waals surface area contributed by atoms with Crippen molar-refractivity contribution in [1.29, 1.82) is 0 Å². The number of amides is 1. The number of rotatable bonds is 6. The first-order valence-electron chi connectivity index (χ1n) is 12.7. The smallest absolute Gasteiger partial charge is 0.246 e. The van der Waals surface area contributed by atoms with Crippen LogP contribution in [0.1, 0.15) is 42.7 Å². The van der Waals surface area contributed by atoms with Gasteiger partial charge in [-0.1, -0.05) is 0 Å². The average molecular weight is 511 g/mol. The molecule has 5 rings (SSSR count). The third-order valence-electron chi connectivity index (χ3n) is 7.58. The summed E-state index contributed by atoms with van der Waals surface area (Å²) in [5.74, 6) is -3.84. The molecule has 1 amide bonds. The topological polar surface area (TPSA) is 69.3 Å². The summed E-state index contributed by atoms with van der Waals surface area (Å²) in [5.41, 5.74) is 2.28. The van der Waals surface area contributed by atoms with Gasteiger partial charge >= 0.3 is 0 Å². The Hall–Kier alpha value is -3.46. The van der Waals surface area contributed by atoms with Crippen LogP contribution < -0.4 is 0 Å². The van der Waals surface area contributed by atoms with E-state index in [1.165, 1.54) is 23.1 Å². The van der Waals surface area contributed by atoms with Gasteiger partial charge in [0, 0.05) is 42.9 Å². The highest BCUT2D eigenvalue weighted by molar-refractivity contribution is 5.92. The summed E-state index contributed by atoms with van der Waals surface area (Å²) in [6.07, 6.45) is 9.51. The van der Waals surface area contributed by atoms with Crippen molar-refractivity contribution in [3.05, 3.63) is 71.3 Å². The van der Waals surface area contributed by atoms with E-state index in [9.17, 15) is 22.8 Å². The highest BCUT2D eigenvalue weighted by Crippen LogP contribution is 2.32. The number of ketones is 1. The molecule has 0 atom stereocenters. The molecular formula is C28H29F3N4O2. The van der Waals surface area contributed by atoms with Crippen LogP contribution in [0.3, 0.4) is 0 Å². The van der Waals surface area contributed by atoms with Crippen molar-refractivity contribution >= 4 is 28.8 Å². The number of benzene rings is 1. The first-order chi connectivity index (χ1) is 17.9. The van der Waals surface area contributed by atoms with Crippen molar-refractivity contribution in [3.8, 4) is 0 Å². The SMILES string of the molecule is O=C(CN1CCC(c2c[nH]c3ncccc23)CC1)C1CCN(C(=O)/C=C/c2cc(F)c(F)c(F)c2)CC1. The third kappa shape index (κ3) is 5.61. The minimum atomic E-state index is -1.54. The number of nitrogens with zero attached hydrogens (tertiary/aromatic N) is 3. The molecule has 37 heavy (non-hydrogen) atoms. The first kappa shape index (κ1) is 25.2. The molecule has 2 aromatic heterocycles. The Labute approximate surface area is 213 Å². The minimum Gasteiger partial charge on any atom is -0.346 e. The number of piperidine rings is 2. The summed E-state index contributed by atoms with van der Waals surface area (Å²) in [4.78, 5) is 36.9. The molecule has 2 aliphatic rings. The standard InChI is InChI=1S/C28H29F3N4O2/c29-23-14-18(15-24(30)27(23)31)3-4-26(37)35-12-7-20(8-13-35)25(36)17-34-10-5-19(6-11-34)22-16-33-28-21(22)2-1-9-32-28/h1-4,9,14-16,19-20H,5-8,10-13,17H2,(H,32,33)/b4-3+. The molecule has 4 heterocycles. The van der Waals surface area contributed by atoms with E-state index >= 15 is 0 Å². The van der Waals surface area contributed by atoms with Gasteiger partial charge in [0.05, 0.1) is 6.54 Å². The number of H-pyrrole nitrogens is 1. The van der Waals surface area contributed by atoms with Gasteiger partial charge in [-0.25, -0.2) is 18.2 Å². The molecule has 2 aliphatic heterocycles. The Morgan fingerprint density at radius 1 is 1.03 bits per heavy atom. The second kappa shape index (κ2) is 10.9. The van der Waals surface area contributed by atoms with Crippen molar-refractivity contribution in [2.24, 2.45) is 5.92 Å². The van der Waals surface area contributed by atoms with E-state index in [4.69, 9.17) is 0 Å². The van der Waals surface area contributed by atoms with Gasteiger partial charge in [0.25, 0.3) is 0 Å². The van der Waals surface area contributed by atoms with E-state index < -0.39 is 17.5 Å². The number of aromatic amines is 1. The fourth-order valence-corrected chi connectivity index (χ4v) is 5.43. The lowest BCUT2D eigenvalue weighted by molar-refractivity contribution is -0.131. The van der Waals surface area contributed by atoms with Crippen molar-refractivity contribution < 1.29 is 22.8 Å². The molecular weight excluding hydrogens is 481 g/mol. The molecule has 0 saturated carbocycles. The summed E-state index contributed by atoms with van der Waals surface area (Å²) in [6.45, 7) is 3.07. The van der Waals surface area contributed by atoms with E-state index in [1.54, 1.807) is 11.1 Å². The Kier molecular flexibility index (Phi) is 7.41. The van der Waals surface area contributed by atoms with Gasteiger partial charge in [0.15, 0.2) is 17.5 Å². The van der Waals surface area contributed by atoms with Crippen LogP contribution in [0.2, 0.25) is 0 Å². The largest absolute Gasteiger partial charge is 0.346 e. The quantitative estimate of drug-likeness (QED) is 0.386. The number of aromatic nitrogens is 2. The highest BCUT2D eigenvalue weighted by Gasteiger charge is 2.29. The summed E-state index contributed by atoms with van der Waals surface area (Å²) < 4.78 is 39.8. The Balaban J connectivity index is 1.07. The predicted molar refractivity (Wildman–Crippen MR) is 134 cm³/mol. The molecule has 0 radical (unpaired) electrons. The van der Waals surface area contributed by atoms with Gasteiger partial charge in [0.2, 0.25) is 5.91 Å². The second-order valence-corrected chi connectivity index (χ2v) is 9.89. The Bertz CT molecular complexity index is 1300. The van der Waals surface area contributed by atoms with Gasteiger partial charge in [-0.2, -0.15) is 0 Å². The van der Waals surface area contributed by atoms with E-state index in [1.807, 2.05) is 6.07 Å². The number of carbonyl (C=O) groups is 2. The lowest BCUT2D eigenvalue weighted by atomic mass is 9.88. The number of likely N-dealkylation sites (tertiary alicyclic amines) is 2.